The molecule has 2 nitrogen and oxygen atoms in total. The molecule has 0 aromatic carbocycles. The van der Waals surface area contributed by atoms with E-state index in [0.29, 0.717) is 0 Å². The molecule has 0 amide bonds. The smallest absolute Gasteiger partial charge is 0.266 e. The molecular weight excluding hydrogens is 219 g/mol. The lowest BCUT2D eigenvalue weighted by molar-refractivity contribution is 0.145. The molecule has 78 valence electrons. The molecule has 0 saturated heterocycles. The molecule has 0 atom stereocenters. The minimum absolute atomic E-state index is 0.0719. The molecule has 0 bridgehead atoms. The van der Waals surface area contributed by atoms with Crippen LogP contribution in [-0.2, 0) is 5.88 Å². The molecular formula is C8H7ClF3NO. The summed E-state index contributed by atoms with van der Waals surface area (Å²) in [5, 5.41) is 0. The number of rotatable bonds is 3. The van der Waals surface area contributed by atoms with Crippen LogP contribution in [0.3, 0.4) is 0 Å². The zero-order valence-corrected chi connectivity index (χ0v) is 7.99. The predicted octanol–water partition coefficient (Wildman–Crippen LogP) is 2.91. The summed E-state index contributed by atoms with van der Waals surface area (Å²) in [6.07, 6.45) is -2.91. The van der Waals surface area contributed by atoms with Crippen LogP contribution in [0.2, 0.25) is 0 Å². The number of methoxy groups -OCH3 is 1. The Bertz CT molecular complexity index is 333. The molecule has 1 aromatic heterocycles. The minimum Gasteiger partial charge on any atom is -0.481 e. The Morgan fingerprint density at radius 2 is 2.21 bits per heavy atom. The summed E-state index contributed by atoms with van der Waals surface area (Å²) in [6.45, 7) is 0. The summed E-state index contributed by atoms with van der Waals surface area (Å²) in [5.74, 6) is -1.42. The van der Waals surface area contributed by atoms with Crippen LogP contribution in [0.4, 0.5) is 13.2 Å². The third kappa shape index (κ3) is 2.09. The van der Waals surface area contributed by atoms with E-state index in [1.807, 2.05) is 0 Å². The average Bonchev–Trinajstić information content (AvgIpc) is 2.17. The van der Waals surface area contributed by atoms with Gasteiger partial charge >= 0.3 is 0 Å². The van der Waals surface area contributed by atoms with Crippen molar-refractivity contribution in [1.82, 2.24) is 4.98 Å². The number of hydrogen-bond donors (Lipinski definition) is 0. The zero-order valence-electron chi connectivity index (χ0n) is 7.23. The van der Waals surface area contributed by atoms with Gasteiger partial charge in [-0.05, 0) is 0 Å². The van der Waals surface area contributed by atoms with E-state index in [2.05, 4.69) is 9.72 Å². The van der Waals surface area contributed by atoms with E-state index in [1.54, 1.807) is 0 Å². The number of pyridine rings is 1. The topological polar surface area (TPSA) is 22.1 Å². The first-order valence-electron chi connectivity index (χ1n) is 3.67. The van der Waals surface area contributed by atoms with Gasteiger partial charge in [0.1, 0.15) is 0 Å². The van der Waals surface area contributed by atoms with E-state index in [1.165, 1.54) is 7.11 Å². The molecule has 6 heteroatoms. The number of nitrogens with zero attached hydrogens (tertiary/aromatic N) is 1. The lowest BCUT2D eigenvalue weighted by Crippen LogP contribution is -2.01. The van der Waals surface area contributed by atoms with Crippen molar-refractivity contribution in [1.29, 1.82) is 0 Å². The van der Waals surface area contributed by atoms with Gasteiger partial charge in [-0.15, -0.1) is 11.6 Å². The van der Waals surface area contributed by atoms with Crippen molar-refractivity contribution >= 4 is 11.6 Å². The Kier molecular flexibility index (Phi) is 3.57. The van der Waals surface area contributed by atoms with Gasteiger partial charge in [-0.25, -0.2) is 18.2 Å². The van der Waals surface area contributed by atoms with Gasteiger partial charge in [0.25, 0.3) is 6.43 Å². The van der Waals surface area contributed by atoms with Crippen molar-refractivity contribution in [3.8, 4) is 5.88 Å². The highest BCUT2D eigenvalue weighted by molar-refractivity contribution is 6.16. The van der Waals surface area contributed by atoms with Crippen molar-refractivity contribution in [2.75, 3.05) is 7.11 Å². The van der Waals surface area contributed by atoms with Gasteiger partial charge in [0.05, 0.1) is 24.2 Å². The molecule has 1 aromatic rings. The third-order valence-electron chi connectivity index (χ3n) is 1.60. The maximum Gasteiger partial charge on any atom is 0.266 e. The molecule has 0 N–H and O–H groups in total. The van der Waals surface area contributed by atoms with E-state index in [4.69, 9.17) is 11.6 Å². The van der Waals surface area contributed by atoms with Crippen molar-refractivity contribution in [2.24, 2.45) is 0 Å². The van der Waals surface area contributed by atoms with Crippen molar-refractivity contribution in [3.63, 3.8) is 0 Å². The quantitative estimate of drug-likeness (QED) is 0.738. The van der Waals surface area contributed by atoms with E-state index in [-0.39, 0.29) is 17.5 Å². The van der Waals surface area contributed by atoms with Crippen LogP contribution in [-0.4, -0.2) is 12.1 Å². The van der Waals surface area contributed by atoms with Crippen LogP contribution in [0.15, 0.2) is 6.07 Å². The van der Waals surface area contributed by atoms with Crippen molar-refractivity contribution < 1.29 is 17.9 Å². The Balaban J connectivity index is 3.27. The normalized spacial score (nSPS) is 10.7. The highest BCUT2D eigenvalue weighted by Gasteiger charge is 2.19. The molecule has 0 aliphatic rings. The number of ether oxygens (including phenoxy) is 1. The van der Waals surface area contributed by atoms with Gasteiger partial charge < -0.3 is 4.74 Å². The number of aromatic nitrogens is 1. The molecule has 0 aliphatic carbocycles. The van der Waals surface area contributed by atoms with Crippen molar-refractivity contribution in [3.05, 3.63) is 23.1 Å². The fourth-order valence-electron chi connectivity index (χ4n) is 0.929. The largest absolute Gasteiger partial charge is 0.481 e. The molecule has 0 saturated carbocycles. The van der Waals surface area contributed by atoms with Crippen LogP contribution in [0, 0.1) is 5.82 Å². The first-order valence-corrected chi connectivity index (χ1v) is 4.21. The van der Waals surface area contributed by atoms with Gasteiger partial charge in [0.15, 0.2) is 5.82 Å². The lowest BCUT2D eigenvalue weighted by atomic mass is 10.2. The van der Waals surface area contributed by atoms with Crippen LogP contribution in [0.25, 0.3) is 0 Å². The second-order valence-electron chi connectivity index (χ2n) is 2.45. The Hall–Kier alpha value is -0.970. The molecule has 0 radical (unpaired) electrons. The van der Waals surface area contributed by atoms with Crippen LogP contribution >= 0.6 is 11.6 Å². The molecule has 0 fully saturated rings. The summed E-state index contributed by atoms with van der Waals surface area (Å²) in [6, 6.07) is 0.857. The molecule has 0 spiro atoms. The standard InChI is InChI=1S/C8H7ClF3NO/c1-14-6-2-4(8(11)12)7(10)5(3-9)13-6/h2,8H,3H2,1H3. The first kappa shape index (κ1) is 11.1. The summed E-state index contributed by atoms with van der Waals surface area (Å²) in [4.78, 5) is 3.59. The van der Waals surface area contributed by atoms with Gasteiger partial charge in [-0.1, -0.05) is 0 Å². The van der Waals surface area contributed by atoms with Gasteiger partial charge in [-0.2, -0.15) is 0 Å². The third-order valence-corrected chi connectivity index (χ3v) is 1.85. The second kappa shape index (κ2) is 4.50. The Labute approximate surface area is 83.7 Å². The summed E-state index contributed by atoms with van der Waals surface area (Å²) < 4.78 is 42.4. The number of alkyl halides is 3. The molecule has 1 heterocycles. The zero-order chi connectivity index (χ0) is 10.7. The maximum atomic E-state index is 13.2. The highest BCUT2D eigenvalue weighted by atomic mass is 35.5. The SMILES string of the molecule is COc1cc(C(F)F)c(F)c(CCl)n1. The molecule has 14 heavy (non-hydrogen) atoms. The van der Waals surface area contributed by atoms with Crippen LogP contribution in [0.1, 0.15) is 17.7 Å². The highest BCUT2D eigenvalue weighted by Crippen LogP contribution is 2.27. The van der Waals surface area contributed by atoms with Gasteiger partial charge in [-0.3, -0.25) is 0 Å². The van der Waals surface area contributed by atoms with Gasteiger partial charge in [0, 0.05) is 6.07 Å². The Morgan fingerprint density at radius 3 is 2.64 bits per heavy atom. The predicted molar refractivity (Wildman–Crippen MR) is 45.3 cm³/mol. The van der Waals surface area contributed by atoms with E-state index < -0.39 is 17.8 Å². The minimum atomic E-state index is -2.91. The lowest BCUT2D eigenvalue weighted by Gasteiger charge is -2.07. The van der Waals surface area contributed by atoms with E-state index in [9.17, 15) is 13.2 Å². The Morgan fingerprint density at radius 1 is 1.57 bits per heavy atom. The maximum absolute atomic E-state index is 13.2. The summed E-state index contributed by atoms with van der Waals surface area (Å²) >= 11 is 5.33. The van der Waals surface area contributed by atoms with Crippen LogP contribution < -0.4 is 4.74 Å². The van der Waals surface area contributed by atoms with Gasteiger partial charge in [0.2, 0.25) is 5.88 Å². The molecule has 1 rings (SSSR count). The van der Waals surface area contributed by atoms with E-state index >= 15 is 0 Å². The second-order valence-corrected chi connectivity index (χ2v) is 2.72. The van der Waals surface area contributed by atoms with E-state index in [0.717, 1.165) is 6.07 Å². The summed E-state index contributed by atoms with van der Waals surface area (Å²) in [5.41, 5.74) is -0.978. The van der Waals surface area contributed by atoms with Crippen LogP contribution in [0.5, 0.6) is 5.88 Å². The fraction of sp³-hybridized carbons (Fsp3) is 0.375. The summed E-state index contributed by atoms with van der Waals surface area (Å²) in [7, 11) is 1.26. The average molecular weight is 226 g/mol. The van der Waals surface area contributed by atoms with Crippen molar-refractivity contribution in [2.45, 2.75) is 12.3 Å². The fourth-order valence-corrected chi connectivity index (χ4v) is 1.11. The molecule has 0 aliphatic heterocycles. The monoisotopic (exact) mass is 225 g/mol. The number of hydrogen-bond acceptors (Lipinski definition) is 2. The molecule has 0 unspecified atom stereocenters. The number of halogens is 4. The first-order chi connectivity index (χ1) is 6.60.